The summed E-state index contributed by atoms with van der Waals surface area (Å²) in [7, 11) is -4.24. The Labute approximate surface area is 301 Å². The van der Waals surface area contributed by atoms with E-state index in [2.05, 4.69) is 5.32 Å². The zero-order chi connectivity index (χ0) is 36.6. The van der Waals surface area contributed by atoms with Gasteiger partial charge < -0.3 is 15.0 Å². The molecular formula is C42H45N3O5S. The lowest BCUT2D eigenvalue weighted by atomic mass is 10.00. The van der Waals surface area contributed by atoms with Crippen LogP contribution in [0.1, 0.15) is 43.0 Å². The first-order chi connectivity index (χ1) is 24.3. The Balaban J connectivity index is 1.57. The number of para-hydroxylation sites is 1. The summed E-state index contributed by atoms with van der Waals surface area (Å²) < 4.78 is 35.9. The summed E-state index contributed by atoms with van der Waals surface area (Å²) in [4.78, 5) is 30.5. The van der Waals surface area contributed by atoms with Crippen molar-refractivity contribution in [2.24, 2.45) is 0 Å². The van der Waals surface area contributed by atoms with Gasteiger partial charge in [-0.15, -0.1) is 0 Å². The molecular weight excluding hydrogens is 659 g/mol. The maximum absolute atomic E-state index is 14.8. The first kappa shape index (κ1) is 36.9. The minimum absolute atomic E-state index is 0.0438. The van der Waals surface area contributed by atoms with E-state index in [4.69, 9.17) is 4.74 Å². The summed E-state index contributed by atoms with van der Waals surface area (Å²) in [6, 6.07) is 38.6. The second-order valence-corrected chi connectivity index (χ2v) is 15.5. The molecule has 5 aromatic rings. The molecule has 0 heterocycles. The fraction of sp³-hybridized carbons (Fsp3) is 0.238. The van der Waals surface area contributed by atoms with Gasteiger partial charge in [0.1, 0.15) is 24.1 Å². The summed E-state index contributed by atoms with van der Waals surface area (Å²) in [5.41, 5.74) is 3.27. The molecule has 9 heteroatoms. The van der Waals surface area contributed by atoms with E-state index in [-0.39, 0.29) is 29.5 Å². The first-order valence-corrected chi connectivity index (χ1v) is 18.4. The topological polar surface area (TPSA) is 96.0 Å². The lowest BCUT2D eigenvalue weighted by Gasteiger charge is -2.35. The molecule has 0 radical (unpaired) electrons. The Morgan fingerprint density at radius 2 is 1.29 bits per heavy atom. The Morgan fingerprint density at radius 1 is 0.725 bits per heavy atom. The van der Waals surface area contributed by atoms with Crippen LogP contribution in [-0.4, -0.2) is 43.3 Å². The number of nitrogens with zero attached hydrogens (tertiary/aromatic N) is 2. The molecule has 1 atom stereocenters. The lowest BCUT2D eigenvalue weighted by Crippen LogP contribution is -2.56. The van der Waals surface area contributed by atoms with Crippen LogP contribution in [0.4, 0.5) is 5.69 Å². The summed E-state index contributed by atoms with van der Waals surface area (Å²) in [5.74, 6) is 0.286. The van der Waals surface area contributed by atoms with Gasteiger partial charge in [-0.3, -0.25) is 13.9 Å². The summed E-state index contributed by atoms with van der Waals surface area (Å²) >= 11 is 0. The Bertz CT molecular complexity index is 2030. The standard InChI is InChI=1S/C42H45N3O5S/c1-31-20-26-38(27-21-31)51(48,49)45(35-22-24-37(25-23-35)50-36-18-10-7-11-19-36)30-40(46)44(29-34-17-13-12-14-32(34)2)39(41(47)43-42(3,4)5)28-33-15-8-6-9-16-33/h6-27,39H,28-30H2,1-5H3,(H,43,47)/t39-/m1/s1. The predicted molar refractivity (Wildman–Crippen MR) is 202 cm³/mol. The summed E-state index contributed by atoms with van der Waals surface area (Å²) in [6.07, 6.45) is 0.233. The fourth-order valence-electron chi connectivity index (χ4n) is 5.65. The molecule has 1 N–H and O–H groups in total. The van der Waals surface area contributed by atoms with E-state index in [1.165, 1.54) is 17.0 Å². The van der Waals surface area contributed by atoms with E-state index in [9.17, 15) is 18.0 Å². The van der Waals surface area contributed by atoms with Crippen molar-refractivity contribution >= 4 is 27.5 Å². The molecule has 8 nitrogen and oxygen atoms in total. The summed E-state index contributed by atoms with van der Waals surface area (Å²) in [5, 5.41) is 3.07. The fourth-order valence-corrected chi connectivity index (χ4v) is 7.06. The smallest absolute Gasteiger partial charge is 0.264 e. The minimum Gasteiger partial charge on any atom is -0.457 e. The third kappa shape index (κ3) is 9.86. The van der Waals surface area contributed by atoms with Gasteiger partial charge in [-0.25, -0.2) is 8.42 Å². The minimum atomic E-state index is -4.24. The normalized spacial score (nSPS) is 12.1. The Morgan fingerprint density at radius 3 is 1.90 bits per heavy atom. The van der Waals surface area contributed by atoms with Crippen molar-refractivity contribution in [3.8, 4) is 11.5 Å². The number of amides is 2. The van der Waals surface area contributed by atoms with Crippen LogP contribution in [-0.2, 0) is 32.6 Å². The van der Waals surface area contributed by atoms with Gasteiger partial charge in [0.25, 0.3) is 10.0 Å². The van der Waals surface area contributed by atoms with Crippen LogP contribution in [0.5, 0.6) is 11.5 Å². The van der Waals surface area contributed by atoms with E-state index < -0.39 is 34.1 Å². The number of nitrogens with one attached hydrogen (secondary N) is 1. The third-order valence-corrected chi connectivity index (χ3v) is 10.2. The van der Waals surface area contributed by atoms with E-state index in [0.29, 0.717) is 11.5 Å². The average molecular weight is 704 g/mol. The molecule has 0 saturated heterocycles. The van der Waals surface area contributed by atoms with Crippen molar-refractivity contribution in [3.05, 3.63) is 156 Å². The number of sulfonamides is 1. The Kier molecular flexibility index (Phi) is 11.6. The third-order valence-electron chi connectivity index (χ3n) is 8.36. The van der Waals surface area contributed by atoms with Crippen LogP contribution in [0.15, 0.2) is 138 Å². The zero-order valence-electron chi connectivity index (χ0n) is 29.7. The van der Waals surface area contributed by atoms with Crippen LogP contribution < -0.4 is 14.4 Å². The van der Waals surface area contributed by atoms with E-state index >= 15 is 0 Å². The van der Waals surface area contributed by atoms with Crippen molar-refractivity contribution in [3.63, 3.8) is 0 Å². The molecule has 2 amide bonds. The molecule has 0 bridgehead atoms. The maximum atomic E-state index is 14.8. The lowest BCUT2D eigenvalue weighted by molar-refractivity contribution is -0.140. The van der Waals surface area contributed by atoms with Crippen molar-refractivity contribution in [1.29, 1.82) is 0 Å². The van der Waals surface area contributed by atoms with Crippen molar-refractivity contribution in [2.45, 2.75) is 64.1 Å². The first-order valence-electron chi connectivity index (χ1n) is 16.9. The van der Waals surface area contributed by atoms with Gasteiger partial charge >= 0.3 is 0 Å². The average Bonchev–Trinajstić information content (AvgIpc) is 3.10. The number of anilines is 1. The number of carbonyl (C=O) groups is 2. The van der Waals surface area contributed by atoms with Gasteiger partial charge in [0, 0.05) is 18.5 Å². The monoisotopic (exact) mass is 703 g/mol. The second kappa shape index (κ2) is 16.1. The number of benzene rings is 5. The highest BCUT2D eigenvalue weighted by Gasteiger charge is 2.35. The molecule has 0 spiro atoms. The van der Waals surface area contributed by atoms with Crippen LogP contribution in [0.2, 0.25) is 0 Å². The number of hydrogen-bond acceptors (Lipinski definition) is 5. The van der Waals surface area contributed by atoms with E-state index in [0.717, 1.165) is 26.6 Å². The van der Waals surface area contributed by atoms with Crippen LogP contribution >= 0.6 is 0 Å². The second-order valence-electron chi connectivity index (χ2n) is 13.6. The molecule has 0 aromatic heterocycles. The molecule has 264 valence electrons. The maximum Gasteiger partial charge on any atom is 0.264 e. The molecule has 5 rings (SSSR count). The molecule has 0 aliphatic rings. The van der Waals surface area contributed by atoms with Gasteiger partial charge in [-0.1, -0.05) is 90.5 Å². The van der Waals surface area contributed by atoms with E-state index in [1.807, 2.05) is 120 Å². The molecule has 5 aromatic carbocycles. The Hall–Kier alpha value is -5.41. The van der Waals surface area contributed by atoms with Crippen molar-refractivity contribution < 1.29 is 22.7 Å². The zero-order valence-corrected chi connectivity index (χ0v) is 30.6. The number of hydrogen-bond donors (Lipinski definition) is 1. The largest absolute Gasteiger partial charge is 0.457 e. The molecule has 0 fully saturated rings. The SMILES string of the molecule is Cc1ccc(S(=O)(=O)N(CC(=O)N(Cc2ccccc2C)[C@H](Cc2ccccc2)C(=O)NC(C)(C)C)c2ccc(Oc3ccccc3)cc2)cc1. The predicted octanol–water partition coefficient (Wildman–Crippen LogP) is 7.85. The highest BCUT2D eigenvalue weighted by Crippen LogP contribution is 2.29. The van der Waals surface area contributed by atoms with Gasteiger partial charge in [0.2, 0.25) is 11.8 Å². The summed E-state index contributed by atoms with van der Waals surface area (Å²) in [6.45, 7) is 9.05. The van der Waals surface area contributed by atoms with Gasteiger partial charge in [-0.05, 0) is 99.8 Å². The van der Waals surface area contributed by atoms with Crippen LogP contribution in [0.25, 0.3) is 0 Å². The number of aryl methyl sites for hydroxylation is 2. The molecule has 0 aliphatic heterocycles. The van der Waals surface area contributed by atoms with Crippen LogP contribution in [0.3, 0.4) is 0 Å². The van der Waals surface area contributed by atoms with Crippen molar-refractivity contribution in [2.75, 3.05) is 10.8 Å². The van der Waals surface area contributed by atoms with Gasteiger partial charge in [0.15, 0.2) is 0 Å². The molecule has 0 unspecified atom stereocenters. The van der Waals surface area contributed by atoms with Gasteiger partial charge in [-0.2, -0.15) is 0 Å². The number of carbonyl (C=O) groups excluding carboxylic acids is 2. The quantitative estimate of drug-likeness (QED) is 0.135. The number of ether oxygens (including phenoxy) is 1. The molecule has 0 aliphatic carbocycles. The van der Waals surface area contributed by atoms with E-state index in [1.54, 1.807) is 36.4 Å². The molecule has 0 saturated carbocycles. The highest BCUT2D eigenvalue weighted by molar-refractivity contribution is 7.92. The van der Waals surface area contributed by atoms with Gasteiger partial charge in [0.05, 0.1) is 10.6 Å². The van der Waals surface area contributed by atoms with Crippen molar-refractivity contribution in [1.82, 2.24) is 10.2 Å². The number of rotatable bonds is 13. The molecule has 51 heavy (non-hydrogen) atoms. The van der Waals surface area contributed by atoms with Crippen LogP contribution in [0, 0.1) is 13.8 Å². The highest BCUT2D eigenvalue weighted by atomic mass is 32.2.